The van der Waals surface area contributed by atoms with E-state index in [1.165, 1.54) is 6.39 Å². The summed E-state index contributed by atoms with van der Waals surface area (Å²) in [5.74, 6) is -0.226. The largest absolute Gasteiger partial charge is 0.461 e. The SMILES string of the molecule is CCOC(=O)c1cc(-c2nnco2)n(C(C)c2ccccn2)n1. The molecule has 3 aromatic rings. The van der Waals surface area contributed by atoms with Gasteiger partial charge in [0, 0.05) is 12.3 Å². The van der Waals surface area contributed by atoms with Crippen LogP contribution in [0.5, 0.6) is 0 Å². The molecule has 23 heavy (non-hydrogen) atoms. The Morgan fingerprint density at radius 2 is 2.30 bits per heavy atom. The maximum atomic E-state index is 12.0. The van der Waals surface area contributed by atoms with Crippen LogP contribution in [0, 0.1) is 0 Å². The third-order valence-electron chi connectivity index (χ3n) is 3.28. The van der Waals surface area contributed by atoms with Crippen LogP contribution in [0.15, 0.2) is 41.3 Å². The third-order valence-corrected chi connectivity index (χ3v) is 3.28. The van der Waals surface area contributed by atoms with E-state index >= 15 is 0 Å². The van der Waals surface area contributed by atoms with Gasteiger partial charge >= 0.3 is 5.97 Å². The van der Waals surface area contributed by atoms with Gasteiger partial charge in [-0.3, -0.25) is 9.67 Å². The van der Waals surface area contributed by atoms with E-state index in [9.17, 15) is 4.79 Å². The molecule has 0 aliphatic rings. The van der Waals surface area contributed by atoms with Gasteiger partial charge in [-0.15, -0.1) is 10.2 Å². The summed E-state index contributed by atoms with van der Waals surface area (Å²) in [5, 5.41) is 11.9. The zero-order valence-electron chi connectivity index (χ0n) is 12.7. The lowest BCUT2D eigenvalue weighted by Gasteiger charge is -2.13. The molecule has 0 saturated carbocycles. The molecule has 8 heteroatoms. The normalized spacial score (nSPS) is 12.1. The molecule has 0 aliphatic carbocycles. The van der Waals surface area contributed by atoms with Crippen molar-refractivity contribution in [3.63, 3.8) is 0 Å². The van der Waals surface area contributed by atoms with Crippen LogP contribution in [0.25, 0.3) is 11.6 Å². The molecule has 3 heterocycles. The Hall–Kier alpha value is -3.03. The van der Waals surface area contributed by atoms with Gasteiger partial charge in [0.05, 0.1) is 18.3 Å². The highest BCUT2D eigenvalue weighted by molar-refractivity contribution is 5.88. The summed E-state index contributed by atoms with van der Waals surface area (Å²) in [5.41, 5.74) is 1.51. The lowest BCUT2D eigenvalue weighted by atomic mass is 10.2. The molecule has 0 aliphatic heterocycles. The number of hydrogen-bond donors (Lipinski definition) is 0. The number of aromatic nitrogens is 5. The first kappa shape index (κ1) is 14.9. The summed E-state index contributed by atoms with van der Waals surface area (Å²) < 4.78 is 11.9. The minimum atomic E-state index is -0.500. The van der Waals surface area contributed by atoms with Gasteiger partial charge in [0.2, 0.25) is 6.39 Å². The van der Waals surface area contributed by atoms with Crippen LogP contribution >= 0.6 is 0 Å². The maximum absolute atomic E-state index is 12.0. The summed E-state index contributed by atoms with van der Waals surface area (Å²) in [4.78, 5) is 16.3. The van der Waals surface area contributed by atoms with Crippen molar-refractivity contribution in [2.75, 3.05) is 6.61 Å². The highest BCUT2D eigenvalue weighted by Gasteiger charge is 2.23. The van der Waals surface area contributed by atoms with Crippen LogP contribution in [0.2, 0.25) is 0 Å². The quantitative estimate of drug-likeness (QED) is 0.665. The van der Waals surface area contributed by atoms with Crippen molar-refractivity contribution in [2.45, 2.75) is 19.9 Å². The van der Waals surface area contributed by atoms with Crippen molar-refractivity contribution in [3.8, 4) is 11.6 Å². The van der Waals surface area contributed by atoms with Crippen molar-refractivity contribution in [1.29, 1.82) is 0 Å². The Labute approximate surface area is 132 Å². The maximum Gasteiger partial charge on any atom is 0.358 e. The number of ether oxygens (including phenoxy) is 1. The molecule has 3 aromatic heterocycles. The Balaban J connectivity index is 2.05. The Bertz CT molecular complexity index is 783. The second-order valence-corrected chi connectivity index (χ2v) is 4.75. The van der Waals surface area contributed by atoms with E-state index in [2.05, 4.69) is 20.3 Å². The van der Waals surface area contributed by atoms with E-state index in [0.29, 0.717) is 5.69 Å². The topological polar surface area (TPSA) is 95.9 Å². The van der Waals surface area contributed by atoms with Gasteiger partial charge < -0.3 is 9.15 Å². The summed E-state index contributed by atoms with van der Waals surface area (Å²) in [6.07, 6.45) is 2.93. The monoisotopic (exact) mass is 313 g/mol. The van der Waals surface area contributed by atoms with E-state index in [-0.39, 0.29) is 24.2 Å². The van der Waals surface area contributed by atoms with Gasteiger partial charge in [0.1, 0.15) is 5.69 Å². The average molecular weight is 313 g/mol. The Morgan fingerprint density at radius 3 is 2.96 bits per heavy atom. The molecule has 0 radical (unpaired) electrons. The molecule has 1 unspecified atom stereocenters. The van der Waals surface area contributed by atoms with Crippen molar-refractivity contribution in [3.05, 3.63) is 48.2 Å². The number of pyridine rings is 1. The summed E-state index contributed by atoms with van der Waals surface area (Å²) in [7, 11) is 0. The Morgan fingerprint density at radius 1 is 1.43 bits per heavy atom. The van der Waals surface area contributed by atoms with Crippen LogP contribution in [-0.4, -0.2) is 37.5 Å². The molecule has 1 atom stereocenters. The van der Waals surface area contributed by atoms with E-state index < -0.39 is 5.97 Å². The molecule has 0 spiro atoms. The molecule has 0 saturated heterocycles. The van der Waals surface area contributed by atoms with E-state index in [1.807, 2.05) is 25.1 Å². The van der Waals surface area contributed by atoms with Crippen molar-refractivity contribution < 1.29 is 13.9 Å². The van der Waals surface area contributed by atoms with Crippen LogP contribution in [0.1, 0.15) is 36.1 Å². The number of rotatable bonds is 5. The first-order valence-corrected chi connectivity index (χ1v) is 7.14. The predicted octanol–water partition coefficient (Wildman–Crippen LogP) is 2.11. The molecule has 0 fully saturated rings. The average Bonchev–Trinajstić information content (AvgIpc) is 3.24. The van der Waals surface area contributed by atoms with Crippen molar-refractivity contribution >= 4 is 5.97 Å². The zero-order chi connectivity index (χ0) is 16.2. The van der Waals surface area contributed by atoms with Crippen molar-refractivity contribution in [2.24, 2.45) is 0 Å². The van der Waals surface area contributed by atoms with E-state index in [4.69, 9.17) is 9.15 Å². The van der Waals surface area contributed by atoms with Gasteiger partial charge in [-0.05, 0) is 26.0 Å². The minimum absolute atomic E-state index is 0.183. The molecule has 0 bridgehead atoms. The number of hydrogen-bond acceptors (Lipinski definition) is 7. The zero-order valence-corrected chi connectivity index (χ0v) is 12.7. The number of nitrogens with zero attached hydrogens (tertiary/aromatic N) is 5. The van der Waals surface area contributed by atoms with Crippen LogP contribution in [0.4, 0.5) is 0 Å². The fraction of sp³-hybridized carbons (Fsp3) is 0.267. The fourth-order valence-electron chi connectivity index (χ4n) is 2.19. The summed E-state index contributed by atoms with van der Waals surface area (Å²) in [6, 6.07) is 6.96. The molecule has 118 valence electrons. The lowest BCUT2D eigenvalue weighted by Crippen LogP contribution is -2.13. The standard InChI is InChI=1S/C15H15N5O3/c1-3-22-15(21)12-8-13(14-18-17-9-23-14)20(19-12)10(2)11-6-4-5-7-16-11/h4-10H,3H2,1-2H3. The molecular weight excluding hydrogens is 298 g/mol. The molecule has 0 amide bonds. The molecular formula is C15H15N5O3. The first-order valence-electron chi connectivity index (χ1n) is 7.14. The van der Waals surface area contributed by atoms with Crippen molar-refractivity contribution in [1.82, 2.24) is 25.0 Å². The van der Waals surface area contributed by atoms with E-state index in [1.54, 1.807) is 23.9 Å². The number of carbonyl (C=O) groups is 1. The van der Waals surface area contributed by atoms with Gasteiger partial charge in [-0.1, -0.05) is 6.07 Å². The highest BCUT2D eigenvalue weighted by Crippen LogP contribution is 2.25. The molecule has 8 nitrogen and oxygen atoms in total. The number of esters is 1. The molecule has 0 aromatic carbocycles. The molecule has 0 N–H and O–H groups in total. The van der Waals surface area contributed by atoms with Crippen LogP contribution in [-0.2, 0) is 4.74 Å². The van der Waals surface area contributed by atoms with Gasteiger partial charge in [-0.25, -0.2) is 4.79 Å². The van der Waals surface area contributed by atoms with Crippen LogP contribution < -0.4 is 0 Å². The fourth-order valence-corrected chi connectivity index (χ4v) is 2.19. The first-order chi connectivity index (χ1) is 11.2. The summed E-state index contributed by atoms with van der Waals surface area (Å²) in [6.45, 7) is 3.94. The third kappa shape index (κ3) is 2.96. The lowest BCUT2D eigenvalue weighted by molar-refractivity contribution is 0.0518. The Kier molecular flexibility index (Phi) is 4.13. The van der Waals surface area contributed by atoms with Crippen LogP contribution in [0.3, 0.4) is 0 Å². The molecule has 3 rings (SSSR count). The smallest absolute Gasteiger partial charge is 0.358 e. The van der Waals surface area contributed by atoms with Gasteiger partial charge in [-0.2, -0.15) is 5.10 Å². The minimum Gasteiger partial charge on any atom is -0.461 e. The highest BCUT2D eigenvalue weighted by atomic mass is 16.5. The van der Waals surface area contributed by atoms with E-state index in [0.717, 1.165) is 5.69 Å². The second-order valence-electron chi connectivity index (χ2n) is 4.75. The van der Waals surface area contributed by atoms with Gasteiger partial charge in [0.15, 0.2) is 5.69 Å². The van der Waals surface area contributed by atoms with Gasteiger partial charge in [0.25, 0.3) is 5.89 Å². The summed E-state index contributed by atoms with van der Waals surface area (Å²) >= 11 is 0. The predicted molar refractivity (Wildman–Crippen MR) is 79.5 cm³/mol. The second kappa shape index (κ2) is 6.39. The number of carbonyl (C=O) groups excluding carboxylic acids is 1.